The van der Waals surface area contributed by atoms with Crippen LogP contribution < -0.4 is 22.3 Å². The third kappa shape index (κ3) is 4.37. The maximum Gasteiger partial charge on any atom is 0.333 e. The molecule has 0 fully saturated rings. The largest absolute Gasteiger partial charge is 0.480 e. The SMILES string of the molecule is Nc1ccc2[nH]c(=O)n(-c3ccc(CC(NC(=O)C4=Nc5ccccc5C4C=O)C(=O)O)cc3)c(=O)c2c1. The molecule has 190 valence electrons. The minimum Gasteiger partial charge on any atom is -0.480 e. The second-order valence-corrected chi connectivity index (χ2v) is 8.78. The van der Waals surface area contributed by atoms with E-state index in [2.05, 4.69) is 15.3 Å². The van der Waals surface area contributed by atoms with Crippen LogP contribution in [0.15, 0.2) is 81.3 Å². The summed E-state index contributed by atoms with van der Waals surface area (Å²) in [6.45, 7) is 0. The number of fused-ring (bicyclic) bond motifs is 2. The Hall–Kier alpha value is -5.32. The first-order valence-corrected chi connectivity index (χ1v) is 11.6. The molecule has 0 saturated heterocycles. The van der Waals surface area contributed by atoms with Crippen molar-refractivity contribution in [3.63, 3.8) is 0 Å². The predicted molar refractivity (Wildman–Crippen MR) is 140 cm³/mol. The van der Waals surface area contributed by atoms with E-state index in [1.54, 1.807) is 48.5 Å². The van der Waals surface area contributed by atoms with Gasteiger partial charge in [0, 0.05) is 12.1 Å². The zero-order valence-corrected chi connectivity index (χ0v) is 19.8. The van der Waals surface area contributed by atoms with Crippen molar-refractivity contribution < 1.29 is 19.5 Å². The Morgan fingerprint density at radius 2 is 1.84 bits per heavy atom. The van der Waals surface area contributed by atoms with Gasteiger partial charge in [-0.2, -0.15) is 0 Å². The quantitative estimate of drug-likeness (QED) is 0.214. The standard InChI is InChI=1S/C27H21N5O6/c28-15-7-10-21-18(12-15)25(35)32(27(38)31-21)16-8-5-14(6-9-16)11-22(26(36)37)30-24(34)23-19(13-33)17-3-1-2-4-20(17)29-23/h1-10,12-13,19,22H,11,28H2,(H,30,34)(H,31,38)(H,36,37). The maximum absolute atomic E-state index is 13.0. The molecule has 1 aliphatic rings. The van der Waals surface area contributed by atoms with Gasteiger partial charge in [-0.05, 0) is 47.5 Å². The molecule has 5 rings (SSSR count). The Morgan fingerprint density at radius 3 is 2.55 bits per heavy atom. The van der Waals surface area contributed by atoms with Gasteiger partial charge >= 0.3 is 11.7 Å². The van der Waals surface area contributed by atoms with Crippen molar-refractivity contribution in [1.29, 1.82) is 0 Å². The number of para-hydroxylation sites is 1. The lowest BCUT2D eigenvalue weighted by molar-refractivity contribution is -0.141. The summed E-state index contributed by atoms with van der Waals surface area (Å²) in [4.78, 5) is 68.9. The molecule has 2 heterocycles. The molecular formula is C27H21N5O6. The number of aliphatic carboxylic acids is 1. The van der Waals surface area contributed by atoms with E-state index < -0.39 is 35.1 Å². The van der Waals surface area contributed by atoms with Crippen LogP contribution in [0.1, 0.15) is 17.0 Å². The van der Waals surface area contributed by atoms with Gasteiger partial charge < -0.3 is 25.9 Å². The number of carboxylic acids is 1. The lowest BCUT2D eigenvalue weighted by Gasteiger charge is -2.16. The van der Waals surface area contributed by atoms with Gasteiger partial charge in [-0.1, -0.05) is 30.3 Å². The number of aliphatic imine (C=N–C) groups is 1. The summed E-state index contributed by atoms with van der Waals surface area (Å²) in [6.07, 6.45) is 0.510. The number of carbonyl (C=O) groups excluding carboxylic acids is 2. The van der Waals surface area contributed by atoms with Crippen LogP contribution >= 0.6 is 0 Å². The number of aldehydes is 1. The second kappa shape index (κ2) is 9.62. The number of nitrogen functional groups attached to an aromatic ring is 1. The van der Waals surface area contributed by atoms with E-state index in [9.17, 15) is 29.1 Å². The molecule has 0 radical (unpaired) electrons. The number of carboxylic acid groups (broad SMARTS) is 1. The molecule has 11 heteroatoms. The molecule has 5 N–H and O–H groups in total. The smallest absolute Gasteiger partial charge is 0.333 e. The van der Waals surface area contributed by atoms with Crippen molar-refractivity contribution in [2.24, 2.45) is 4.99 Å². The van der Waals surface area contributed by atoms with Crippen LogP contribution in [0.4, 0.5) is 11.4 Å². The molecule has 4 aromatic rings. The van der Waals surface area contributed by atoms with Gasteiger partial charge in [0.1, 0.15) is 18.0 Å². The summed E-state index contributed by atoms with van der Waals surface area (Å²) in [5, 5.41) is 12.4. The molecule has 0 bridgehead atoms. The molecule has 3 aromatic carbocycles. The molecule has 38 heavy (non-hydrogen) atoms. The monoisotopic (exact) mass is 511 g/mol. The zero-order chi connectivity index (χ0) is 27.0. The van der Waals surface area contributed by atoms with E-state index in [0.717, 1.165) is 4.57 Å². The van der Waals surface area contributed by atoms with E-state index in [1.165, 1.54) is 18.2 Å². The number of amides is 1. The fourth-order valence-corrected chi connectivity index (χ4v) is 4.44. The third-order valence-corrected chi connectivity index (χ3v) is 6.34. The Balaban J connectivity index is 1.37. The number of H-pyrrole nitrogens is 1. The fourth-order valence-electron chi connectivity index (χ4n) is 4.44. The van der Waals surface area contributed by atoms with Gasteiger partial charge in [-0.3, -0.25) is 9.59 Å². The summed E-state index contributed by atoms with van der Waals surface area (Å²) >= 11 is 0. The molecule has 0 aliphatic carbocycles. The highest BCUT2D eigenvalue weighted by atomic mass is 16.4. The lowest BCUT2D eigenvalue weighted by atomic mass is 9.96. The van der Waals surface area contributed by atoms with Gasteiger partial charge in [0.15, 0.2) is 0 Å². The molecular weight excluding hydrogens is 490 g/mol. The number of nitrogens with two attached hydrogens (primary N) is 1. The van der Waals surface area contributed by atoms with Crippen molar-refractivity contribution in [2.45, 2.75) is 18.4 Å². The van der Waals surface area contributed by atoms with Crippen molar-refractivity contribution >= 4 is 46.2 Å². The molecule has 1 aliphatic heterocycles. The number of aromatic nitrogens is 2. The minimum absolute atomic E-state index is 0.0710. The Labute approximate surface area is 214 Å². The topological polar surface area (TPSA) is 177 Å². The average Bonchev–Trinajstić information content (AvgIpc) is 3.28. The summed E-state index contributed by atoms with van der Waals surface area (Å²) in [7, 11) is 0. The van der Waals surface area contributed by atoms with E-state index in [1.807, 2.05) is 0 Å². The van der Waals surface area contributed by atoms with Crippen LogP contribution in [0.2, 0.25) is 0 Å². The van der Waals surface area contributed by atoms with E-state index in [-0.39, 0.29) is 23.2 Å². The van der Waals surface area contributed by atoms with Crippen molar-refractivity contribution in [3.8, 4) is 5.69 Å². The van der Waals surface area contributed by atoms with Crippen LogP contribution in [0.25, 0.3) is 16.6 Å². The predicted octanol–water partition coefficient (Wildman–Crippen LogP) is 1.44. The first kappa shape index (κ1) is 24.4. The first-order valence-electron chi connectivity index (χ1n) is 11.6. The number of aromatic amines is 1. The number of carbonyl (C=O) groups is 3. The first-order chi connectivity index (χ1) is 18.3. The average molecular weight is 511 g/mol. The third-order valence-electron chi connectivity index (χ3n) is 6.34. The number of hydrogen-bond donors (Lipinski definition) is 4. The fraction of sp³-hybridized carbons (Fsp3) is 0.111. The molecule has 11 nitrogen and oxygen atoms in total. The highest BCUT2D eigenvalue weighted by molar-refractivity contribution is 6.45. The molecule has 0 saturated carbocycles. The Kier molecular flexibility index (Phi) is 6.17. The van der Waals surface area contributed by atoms with Crippen LogP contribution in [0.3, 0.4) is 0 Å². The molecule has 2 atom stereocenters. The highest BCUT2D eigenvalue weighted by Crippen LogP contribution is 2.34. The number of benzene rings is 3. The Bertz CT molecular complexity index is 1750. The molecule has 1 aromatic heterocycles. The minimum atomic E-state index is -1.32. The lowest BCUT2D eigenvalue weighted by Crippen LogP contribution is -2.46. The number of nitrogens with one attached hydrogen (secondary N) is 2. The summed E-state index contributed by atoms with van der Waals surface area (Å²) < 4.78 is 0.956. The van der Waals surface area contributed by atoms with Crippen LogP contribution in [-0.4, -0.2) is 44.6 Å². The van der Waals surface area contributed by atoms with Gasteiger partial charge in [0.05, 0.1) is 28.2 Å². The molecule has 1 amide bonds. The van der Waals surface area contributed by atoms with Gasteiger partial charge in [0.25, 0.3) is 11.5 Å². The highest BCUT2D eigenvalue weighted by Gasteiger charge is 2.33. The summed E-state index contributed by atoms with van der Waals surface area (Å²) in [5.74, 6) is -2.91. The summed E-state index contributed by atoms with van der Waals surface area (Å²) in [6, 6.07) is 16.2. The van der Waals surface area contributed by atoms with Gasteiger partial charge in [-0.15, -0.1) is 0 Å². The number of rotatable bonds is 7. The van der Waals surface area contributed by atoms with Crippen molar-refractivity contribution in [3.05, 3.63) is 98.7 Å². The van der Waals surface area contributed by atoms with E-state index in [0.29, 0.717) is 34.3 Å². The molecule has 2 unspecified atom stereocenters. The van der Waals surface area contributed by atoms with Crippen molar-refractivity contribution in [1.82, 2.24) is 14.9 Å². The van der Waals surface area contributed by atoms with Gasteiger partial charge in [0.2, 0.25) is 0 Å². The number of anilines is 1. The Morgan fingerprint density at radius 1 is 1.11 bits per heavy atom. The number of hydrogen-bond acceptors (Lipinski definition) is 7. The van der Waals surface area contributed by atoms with Crippen LogP contribution in [-0.2, 0) is 20.8 Å². The van der Waals surface area contributed by atoms with E-state index >= 15 is 0 Å². The zero-order valence-electron chi connectivity index (χ0n) is 19.8. The number of nitrogens with zero attached hydrogens (tertiary/aromatic N) is 2. The van der Waals surface area contributed by atoms with Gasteiger partial charge in [-0.25, -0.2) is 19.1 Å². The molecule has 0 spiro atoms. The summed E-state index contributed by atoms with van der Waals surface area (Å²) in [5.41, 5.74) is 7.11. The normalized spacial score (nSPS) is 14.9. The maximum atomic E-state index is 13.0. The van der Waals surface area contributed by atoms with Crippen LogP contribution in [0.5, 0.6) is 0 Å². The van der Waals surface area contributed by atoms with Crippen molar-refractivity contribution in [2.75, 3.05) is 5.73 Å². The van der Waals surface area contributed by atoms with Crippen LogP contribution in [0, 0.1) is 0 Å². The second-order valence-electron chi connectivity index (χ2n) is 8.78. The van der Waals surface area contributed by atoms with E-state index in [4.69, 9.17) is 5.73 Å².